The third-order valence-corrected chi connectivity index (χ3v) is 7.40. The number of carbonyl (C=O) groups excluding carboxylic acids is 1. The molecule has 0 aromatic rings. The third kappa shape index (κ3) is 2.28. The first-order valence-electron chi connectivity index (χ1n) is 7.69. The normalized spacial score (nSPS) is 24.2. The highest BCUT2D eigenvalue weighted by molar-refractivity contribution is 7.86. The highest BCUT2D eigenvalue weighted by atomic mass is 31.2. The Hall–Kier alpha value is -2.61. The summed E-state index contributed by atoms with van der Waals surface area (Å²) in [7, 11) is -1.93. The molecule has 3 aliphatic rings. The second kappa shape index (κ2) is 5.20. The molecule has 3 heterocycles. The van der Waals surface area contributed by atoms with Crippen molar-refractivity contribution < 1.29 is 34.0 Å². The Morgan fingerprint density at radius 1 is 1.31 bits per heavy atom. The maximum absolute atomic E-state index is 12.6. The Bertz CT molecular complexity index is 920. The number of likely N-dealkylation sites (N-methyl/N-ethyl adjacent to an activating group) is 1. The van der Waals surface area contributed by atoms with E-state index in [-0.39, 0.29) is 27.3 Å². The number of carbonyl (C=O) groups is 2. The van der Waals surface area contributed by atoms with E-state index in [4.69, 9.17) is 4.74 Å². The molecular formula is C15H17N2O8P. The molecule has 0 aliphatic carbocycles. The number of aliphatic hydroxyl groups excluding tert-OH is 1. The minimum atomic E-state index is -3.15. The Kier molecular flexibility index (Phi) is 3.64. The summed E-state index contributed by atoms with van der Waals surface area (Å²) in [6.07, 6.45) is -1.30. The van der Waals surface area contributed by atoms with Crippen molar-refractivity contribution in [3.63, 3.8) is 0 Å². The van der Waals surface area contributed by atoms with Crippen molar-refractivity contribution in [2.75, 3.05) is 7.05 Å². The number of nitrogens with zero attached hydrogens (tertiary/aromatic N) is 2. The molecule has 3 rings (SSSR count). The van der Waals surface area contributed by atoms with Gasteiger partial charge in [-0.25, -0.2) is 9.59 Å². The van der Waals surface area contributed by atoms with Gasteiger partial charge in [-0.3, -0.25) is 15.0 Å². The number of rotatable bonds is 5. The van der Waals surface area contributed by atoms with E-state index in [0.717, 1.165) is 4.90 Å². The van der Waals surface area contributed by atoms with Crippen LogP contribution in [-0.4, -0.2) is 50.8 Å². The number of carboxylic acids is 1. The summed E-state index contributed by atoms with van der Waals surface area (Å²) in [6, 6.07) is -1.45. The lowest BCUT2D eigenvalue weighted by Crippen LogP contribution is -2.45. The van der Waals surface area contributed by atoms with Crippen molar-refractivity contribution in [2.24, 2.45) is 0 Å². The summed E-state index contributed by atoms with van der Waals surface area (Å²) in [5.74, 6) is -1.72. The first-order valence-corrected chi connectivity index (χ1v) is 9.39. The Morgan fingerprint density at radius 3 is 2.35 bits per heavy atom. The molecule has 2 N–H and O–H groups in total. The number of ether oxygens (including phenoxy) is 1. The SMILES string of the molecule is CN(C(=O)OC(C)(C)C)[C@H](CC1=C([N+](=O)[O-])C2=C(O)C3=C1P23=O)C(=O)O. The summed E-state index contributed by atoms with van der Waals surface area (Å²) in [5.41, 5.74) is -1.36. The van der Waals surface area contributed by atoms with Gasteiger partial charge in [0.05, 0.1) is 10.2 Å². The van der Waals surface area contributed by atoms with Gasteiger partial charge in [-0.15, -0.1) is 0 Å². The van der Waals surface area contributed by atoms with Crippen molar-refractivity contribution in [1.82, 2.24) is 4.90 Å². The van der Waals surface area contributed by atoms with Crippen LogP contribution in [0.1, 0.15) is 27.2 Å². The molecule has 11 heteroatoms. The lowest BCUT2D eigenvalue weighted by molar-refractivity contribution is -0.421. The molecular weight excluding hydrogens is 367 g/mol. The first kappa shape index (κ1) is 18.2. The lowest BCUT2D eigenvalue weighted by Gasteiger charge is -2.28. The summed E-state index contributed by atoms with van der Waals surface area (Å²) in [4.78, 5) is 35.2. The molecule has 3 aliphatic heterocycles. The number of aliphatic carboxylic acids is 1. The fourth-order valence-electron chi connectivity index (χ4n) is 3.21. The number of nitro groups is 1. The number of carboxylic acid groups (broad SMARTS) is 1. The van der Waals surface area contributed by atoms with E-state index in [2.05, 4.69) is 0 Å². The average Bonchev–Trinajstić information content (AvgIpc) is 2.95. The number of amides is 1. The average molecular weight is 384 g/mol. The van der Waals surface area contributed by atoms with Crippen molar-refractivity contribution >= 4 is 19.2 Å². The third-order valence-electron chi connectivity index (χ3n) is 4.38. The van der Waals surface area contributed by atoms with Crippen molar-refractivity contribution in [3.8, 4) is 0 Å². The molecule has 0 aromatic carbocycles. The monoisotopic (exact) mass is 384 g/mol. The molecule has 0 bridgehead atoms. The van der Waals surface area contributed by atoms with E-state index in [0.29, 0.717) is 0 Å². The lowest BCUT2D eigenvalue weighted by atomic mass is 9.99. The van der Waals surface area contributed by atoms with Gasteiger partial charge in [-0.05, 0) is 20.8 Å². The van der Waals surface area contributed by atoms with Crippen LogP contribution in [0.2, 0.25) is 0 Å². The standard InChI is InChI=1S/C15H17N2O8P/c1-15(2,3)25-14(21)16(4)7(13(19)20)5-6-8(17(22)23)11-9(18)12-10(6)26(11,12)24/h7,18H,5H2,1-4H3,(H,19,20)/t7-,26?/m1/s1. The number of aliphatic hydroxyl groups is 1. The van der Waals surface area contributed by atoms with E-state index < -0.39 is 47.9 Å². The summed E-state index contributed by atoms with van der Waals surface area (Å²) in [5, 5.41) is 30.7. The minimum absolute atomic E-state index is 0.00365. The van der Waals surface area contributed by atoms with Gasteiger partial charge in [0, 0.05) is 24.4 Å². The number of hydrogen-bond donors (Lipinski definition) is 2. The van der Waals surface area contributed by atoms with Gasteiger partial charge in [-0.2, -0.15) is 0 Å². The zero-order valence-electron chi connectivity index (χ0n) is 14.5. The largest absolute Gasteiger partial charge is 0.506 e. The van der Waals surface area contributed by atoms with Crippen LogP contribution in [0.3, 0.4) is 0 Å². The molecule has 0 spiro atoms. The fourth-order valence-corrected chi connectivity index (χ4v) is 6.37. The quantitative estimate of drug-likeness (QED) is 0.417. The van der Waals surface area contributed by atoms with Gasteiger partial charge in [0.15, 0.2) is 7.14 Å². The van der Waals surface area contributed by atoms with E-state index in [1.807, 2.05) is 0 Å². The van der Waals surface area contributed by atoms with E-state index in [1.165, 1.54) is 7.05 Å². The molecule has 0 radical (unpaired) electrons. The van der Waals surface area contributed by atoms with Gasteiger partial charge in [0.2, 0.25) is 0 Å². The molecule has 2 atom stereocenters. The smallest absolute Gasteiger partial charge is 0.410 e. The molecule has 0 fully saturated rings. The Balaban J connectivity index is 1.91. The maximum Gasteiger partial charge on any atom is 0.410 e. The molecule has 1 amide bonds. The van der Waals surface area contributed by atoms with Gasteiger partial charge in [0.1, 0.15) is 22.7 Å². The Labute approximate surface area is 147 Å². The summed E-state index contributed by atoms with van der Waals surface area (Å²) in [6.45, 7) is 4.86. The van der Waals surface area contributed by atoms with E-state index in [1.54, 1.807) is 20.8 Å². The molecule has 26 heavy (non-hydrogen) atoms. The Morgan fingerprint density at radius 2 is 1.88 bits per heavy atom. The minimum Gasteiger partial charge on any atom is -0.506 e. The topological polar surface area (TPSA) is 147 Å². The predicted octanol–water partition coefficient (Wildman–Crippen LogP) is 2.61. The molecule has 0 saturated heterocycles. The first-order chi connectivity index (χ1) is 11.8. The van der Waals surface area contributed by atoms with Gasteiger partial charge in [0.25, 0.3) is 5.70 Å². The zero-order chi connectivity index (χ0) is 19.8. The van der Waals surface area contributed by atoms with Gasteiger partial charge < -0.3 is 19.5 Å². The van der Waals surface area contributed by atoms with Crippen LogP contribution in [0.4, 0.5) is 4.79 Å². The van der Waals surface area contributed by atoms with Crippen molar-refractivity contribution in [3.05, 3.63) is 43.1 Å². The maximum atomic E-state index is 12.6. The number of hydrogen-bond acceptors (Lipinski definition) is 7. The second-order valence-corrected chi connectivity index (χ2v) is 9.80. The van der Waals surface area contributed by atoms with E-state index >= 15 is 0 Å². The van der Waals surface area contributed by atoms with Gasteiger partial charge >= 0.3 is 12.1 Å². The highest BCUT2D eigenvalue weighted by Crippen LogP contribution is 2.97. The van der Waals surface area contributed by atoms with Crippen molar-refractivity contribution in [1.29, 1.82) is 0 Å². The number of allylic oxidation sites excluding steroid dienone is 3. The molecule has 140 valence electrons. The fraction of sp³-hybridized carbons (Fsp3) is 0.467. The molecule has 0 saturated carbocycles. The van der Waals surface area contributed by atoms with Crippen LogP contribution in [0.25, 0.3) is 0 Å². The van der Waals surface area contributed by atoms with Crippen LogP contribution in [-0.2, 0) is 14.1 Å². The van der Waals surface area contributed by atoms with Crippen LogP contribution >= 0.6 is 7.14 Å². The molecule has 10 nitrogen and oxygen atoms in total. The second-order valence-electron chi connectivity index (χ2n) is 7.24. The van der Waals surface area contributed by atoms with Crippen LogP contribution in [0.5, 0.6) is 0 Å². The summed E-state index contributed by atoms with van der Waals surface area (Å²) < 4.78 is 17.7. The highest BCUT2D eigenvalue weighted by Gasteiger charge is 2.74. The van der Waals surface area contributed by atoms with Gasteiger partial charge in [-0.1, -0.05) is 0 Å². The van der Waals surface area contributed by atoms with E-state index in [9.17, 15) is 34.5 Å². The van der Waals surface area contributed by atoms with Crippen LogP contribution in [0, 0.1) is 10.1 Å². The zero-order valence-corrected chi connectivity index (χ0v) is 15.4. The molecule has 1 unspecified atom stereocenters. The van der Waals surface area contributed by atoms with Crippen molar-refractivity contribution in [2.45, 2.75) is 38.8 Å². The van der Waals surface area contributed by atoms with Crippen LogP contribution in [0.15, 0.2) is 33.0 Å². The van der Waals surface area contributed by atoms with Crippen LogP contribution < -0.4 is 0 Å². The molecule has 0 aromatic heterocycles. The predicted molar refractivity (Wildman–Crippen MR) is 88.3 cm³/mol. The summed E-state index contributed by atoms with van der Waals surface area (Å²) >= 11 is 0.